The van der Waals surface area contributed by atoms with Crippen LogP contribution >= 0.6 is 0 Å². The van der Waals surface area contributed by atoms with Crippen LogP contribution in [0.15, 0.2) is 29.2 Å². The van der Waals surface area contributed by atoms with Crippen LogP contribution in [0.5, 0.6) is 0 Å². The largest absolute Gasteiger partial charge is 0.386 e. The van der Waals surface area contributed by atoms with Crippen LogP contribution in [0, 0.1) is 0 Å². The third kappa shape index (κ3) is 4.14. The highest BCUT2D eigenvalue weighted by Crippen LogP contribution is 2.24. The summed E-state index contributed by atoms with van der Waals surface area (Å²) < 4.78 is 5.08. The van der Waals surface area contributed by atoms with Crippen molar-refractivity contribution in [1.29, 1.82) is 0 Å². The van der Waals surface area contributed by atoms with Gasteiger partial charge in [0.25, 0.3) is 5.91 Å². The summed E-state index contributed by atoms with van der Waals surface area (Å²) in [5.74, 6) is 0.704. The van der Waals surface area contributed by atoms with Gasteiger partial charge in [-0.3, -0.25) is 9.78 Å². The van der Waals surface area contributed by atoms with E-state index >= 15 is 0 Å². The normalized spacial score (nSPS) is 20.7. The minimum Gasteiger partial charge on any atom is -0.386 e. The van der Waals surface area contributed by atoms with E-state index in [4.69, 9.17) is 4.52 Å². The number of aromatic nitrogens is 3. The maximum absolute atomic E-state index is 12.2. The molecule has 1 saturated heterocycles. The molecule has 0 unspecified atom stereocenters. The van der Waals surface area contributed by atoms with E-state index < -0.39 is 5.60 Å². The number of anilines is 1. The molecule has 1 amide bonds. The first-order chi connectivity index (χ1) is 12.0. The molecule has 0 spiro atoms. The average Bonchev–Trinajstić information content (AvgIpc) is 3.11. The average molecular weight is 345 g/mol. The first-order valence-electron chi connectivity index (χ1n) is 8.45. The highest BCUT2D eigenvalue weighted by atomic mass is 16.5. The molecule has 1 atom stereocenters. The summed E-state index contributed by atoms with van der Waals surface area (Å²) in [7, 11) is 0. The van der Waals surface area contributed by atoms with E-state index in [2.05, 4.69) is 20.4 Å². The van der Waals surface area contributed by atoms with Gasteiger partial charge in [-0.2, -0.15) is 0 Å². The SMILES string of the molecule is CC(C)c1cc(C(=O)NC[C@@]2(O)CCCN(c3cnccn3)C2)on1. The maximum atomic E-state index is 12.2. The Labute approximate surface area is 146 Å². The van der Waals surface area contributed by atoms with E-state index in [1.807, 2.05) is 18.7 Å². The summed E-state index contributed by atoms with van der Waals surface area (Å²) in [5.41, 5.74) is -0.290. The molecular formula is C17H23N5O3. The van der Waals surface area contributed by atoms with Crippen molar-refractivity contribution in [3.63, 3.8) is 0 Å². The summed E-state index contributed by atoms with van der Waals surface area (Å²) in [6, 6.07) is 1.64. The highest BCUT2D eigenvalue weighted by Gasteiger charge is 2.34. The zero-order valence-corrected chi connectivity index (χ0v) is 14.5. The number of carbonyl (C=O) groups is 1. The smallest absolute Gasteiger partial charge is 0.290 e. The number of amides is 1. The molecule has 2 aromatic heterocycles. The molecule has 3 rings (SSSR count). The molecule has 0 radical (unpaired) electrons. The van der Waals surface area contributed by atoms with Crippen LogP contribution in [0.4, 0.5) is 5.82 Å². The second-order valence-electron chi connectivity index (χ2n) is 6.77. The van der Waals surface area contributed by atoms with Crippen molar-refractivity contribution in [2.24, 2.45) is 0 Å². The Morgan fingerprint density at radius 1 is 1.48 bits per heavy atom. The minimum atomic E-state index is -1.02. The lowest BCUT2D eigenvalue weighted by molar-refractivity contribution is 0.0250. The van der Waals surface area contributed by atoms with E-state index in [-0.39, 0.29) is 24.1 Å². The molecule has 0 bridgehead atoms. The molecule has 2 aromatic rings. The predicted molar refractivity (Wildman–Crippen MR) is 91.4 cm³/mol. The fourth-order valence-electron chi connectivity index (χ4n) is 2.91. The van der Waals surface area contributed by atoms with Crippen LogP contribution in [-0.4, -0.2) is 51.4 Å². The van der Waals surface area contributed by atoms with E-state index in [9.17, 15) is 9.90 Å². The number of hydrogen-bond donors (Lipinski definition) is 2. The fourth-order valence-corrected chi connectivity index (χ4v) is 2.91. The van der Waals surface area contributed by atoms with E-state index in [0.29, 0.717) is 13.0 Å². The van der Waals surface area contributed by atoms with Gasteiger partial charge in [0.2, 0.25) is 5.76 Å². The van der Waals surface area contributed by atoms with Crippen molar-refractivity contribution in [1.82, 2.24) is 20.4 Å². The summed E-state index contributed by atoms with van der Waals surface area (Å²) in [5, 5.41) is 17.5. The van der Waals surface area contributed by atoms with E-state index in [0.717, 1.165) is 24.5 Å². The highest BCUT2D eigenvalue weighted by molar-refractivity contribution is 5.91. The second-order valence-corrected chi connectivity index (χ2v) is 6.77. The summed E-state index contributed by atoms with van der Waals surface area (Å²) in [6.07, 6.45) is 6.33. The lowest BCUT2D eigenvalue weighted by atomic mass is 9.92. The van der Waals surface area contributed by atoms with Crippen LogP contribution in [-0.2, 0) is 0 Å². The lowest BCUT2D eigenvalue weighted by Crippen LogP contribution is -2.54. The van der Waals surface area contributed by atoms with Crippen LogP contribution in [0.25, 0.3) is 0 Å². The Balaban J connectivity index is 1.60. The van der Waals surface area contributed by atoms with Gasteiger partial charge in [0.15, 0.2) is 0 Å². The number of hydrogen-bond acceptors (Lipinski definition) is 7. The first kappa shape index (κ1) is 17.3. The van der Waals surface area contributed by atoms with Gasteiger partial charge in [0, 0.05) is 38.1 Å². The van der Waals surface area contributed by atoms with Gasteiger partial charge >= 0.3 is 0 Å². The molecule has 0 aromatic carbocycles. The molecule has 0 aliphatic carbocycles. The van der Waals surface area contributed by atoms with Gasteiger partial charge in [-0.1, -0.05) is 19.0 Å². The Bertz CT molecular complexity index is 718. The van der Waals surface area contributed by atoms with E-state index in [1.165, 1.54) is 0 Å². The zero-order valence-electron chi connectivity index (χ0n) is 14.5. The summed E-state index contributed by atoms with van der Waals surface area (Å²) in [4.78, 5) is 22.5. The summed E-state index contributed by atoms with van der Waals surface area (Å²) >= 11 is 0. The second kappa shape index (κ2) is 7.18. The fraction of sp³-hybridized carbons (Fsp3) is 0.529. The molecule has 1 aliphatic heterocycles. The molecule has 1 fully saturated rings. The van der Waals surface area contributed by atoms with Gasteiger partial charge < -0.3 is 19.8 Å². The number of rotatable bonds is 5. The number of nitrogens with one attached hydrogen (secondary N) is 1. The van der Waals surface area contributed by atoms with Gasteiger partial charge in [-0.05, 0) is 18.8 Å². The standard InChI is InChI=1S/C17H23N5O3/c1-12(2)13-8-14(25-21-13)16(23)20-10-17(24)4-3-7-22(11-17)15-9-18-5-6-19-15/h5-6,8-9,12,24H,3-4,7,10-11H2,1-2H3,(H,20,23)/t17-/m0/s1. The van der Waals surface area contributed by atoms with Crippen LogP contribution in [0.2, 0.25) is 0 Å². The van der Waals surface area contributed by atoms with Crippen LogP contribution < -0.4 is 10.2 Å². The molecular weight excluding hydrogens is 322 g/mol. The number of aliphatic hydroxyl groups is 1. The topological polar surface area (TPSA) is 104 Å². The number of nitrogens with zero attached hydrogens (tertiary/aromatic N) is 4. The molecule has 134 valence electrons. The Hall–Kier alpha value is -2.48. The molecule has 8 heteroatoms. The molecule has 3 heterocycles. The van der Waals surface area contributed by atoms with Crippen molar-refractivity contribution < 1.29 is 14.4 Å². The van der Waals surface area contributed by atoms with Crippen LogP contribution in [0.1, 0.15) is 48.9 Å². The molecule has 1 aliphatic rings. The lowest BCUT2D eigenvalue weighted by Gasteiger charge is -2.39. The quantitative estimate of drug-likeness (QED) is 0.843. The zero-order chi connectivity index (χ0) is 17.9. The Morgan fingerprint density at radius 3 is 3.00 bits per heavy atom. The molecule has 2 N–H and O–H groups in total. The molecule has 0 saturated carbocycles. The predicted octanol–water partition coefficient (Wildman–Crippen LogP) is 1.35. The van der Waals surface area contributed by atoms with Gasteiger partial charge in [0.05, 0.1) is 17.5 Å². The number of piperidine rings is 1. The third-order valence-corrected chi connectivity index (χ3v) is 4.35. The monoisotopic (exact) mass is 345 g/mol. The third-order valence-electron chi connectivity index (χ3n) is 4.35. The van der Waals surface area contributed by atoms with E-state index in [1.54, 1.807) is 24.7 Å². The Morgan fingerprint density at radius 2 is 2.32 bits per heavy atom. The van der Waals surface area contributed by atoms with Crippen molar-refractivity contribution in [3.05, 3.63) is 36.1 Å². The van der Waals surface area contributed by atoms with Crippen molar-refractivity contribution >= 4 is 11.7 Å². The summed E-state index contributed by atoms with van der Waals surface area (Å²) in [6.45, 7) is 5.28. The Kier molecular flexibility index (Phi) is 4.98. The minimum absolute atomic E-state index is 0.139. The van der Waals surface area contributed by atoms with Crippen molar-refractivity contribution in [3.8, 4) is 0 Å². The first-order valence-corrected chi connectivity index (χ1v) is 8.45. The van der Waals surface area contributed by atoms with Gasteiger partial charge in [-0.25, -0.2) is 4.98 Å². The number of carbonyl (C=O) groups excluding carboxylic acids is 1. The van der Waals surface area contributed by atoms with Crippen LogP contribution in [0.3, 0.4) is 0 Å². The van der Waals surface area contributed by atoms with Gasteiger partial charge in [0.1, 0.15) is 5.82 Å². The molecule has 8 nitrogen and oxygen atoms in total. The molecule has 25 heavy (non-hydrogen) atoms. The maximum Gasteiger partial charge on any atom is 0.290 e. The number of β-amino-alcohol motifs (C(OH)–C–C–N with tert-alkyl or cyclic N) is 1. The van der Waals surface area contributed by atoms with Gasteiger partial charge in [-0.15, -0.1) is 0 Å². The van der Waals surface area contributed by atoms with Crippen molar-refractivity contribution in [2.45, 2.75) is 38.2 Å². The van der Waals surface area contributed by atoms with Crippen molar-refractivity contribution in [2.75, 3.05) is 24.5 Å².